The second-order valence-corrected chi connectivity index (χ2v) is 10.4. The van der Waals surface area contributed by atoms with Crippen molar-refractivity contribution in [2.75, 3.05) is 0 Å². The van der Waals surface area contributed by atoms with E-state index in [9.17, 15) is 4.79 Å². The summed E-state index contributed by atoms with van der Waals surface area (Å²) in [5.41, 5.74) is 7.24. The number of nitrogens with one attached hydrogen (secondary N) is 1. The maximum Gasteiger partial charge on any atom is 0.243 e. The van der Waals surface area contributed by atoms with Crippen LogP contribution in [0.25, 0.3) is 0 Å². The largest absolute Gasteiger partial charge is 0.488 e. The number of hydrogen-bond donors (Lipinski definition) is 1. The van der Waals surface area contributed by atoms with Gasteiger partial charge in [0.25, 0.3) is 0 Å². The summed E-state index contributed by atoms with van der Waals surface area (Å²) in [6.45, 7) is 7.08. The summed E-state index contributed by atoms with van der Waals surface area (Å²) in [5.74, 6) is 0.907. The van der Waals surface area contributed by atoms with Crippen molar-refractivity contribution in [3.8, 4) is 5.75 Å². The molecular weight excluding hydrogens is 476 g/mol. The van der Waals surface area contributed by atoms with E-state index in [2.05, 4.69) is 71.5 Å². The van der Waals surface area contributed by atoms with Crippen LogP contribution < -0.4 is 10.2 Å². The number of halogens is 1. The van der Waals surface area contributed by atoms with Crippen molar-refractivity contribution in [2.24, 2.45) is 11.0 Å². The fourth-order valence-corrected chi connectivity index (χ4v) is 4.20. The quantitative estimate of drug-likeness (QED) is 0.291. The first kappa shape index (κ1) is 23.2. The standard InChI is InChI=1S/C28H29BrN2O2/c1-28(2,3)22-11-9-20(10-12-22)24-16-25(24)27(32)31-30-17-21-15-23(29)13-14-26(21)33-18-19-7-5-4-6-8-19/h4-15,17,24-25H,16,18H2,1-3H3,(H,31,32)/b30-17+/t24-,25-/m1/s1. The molecule has 33 heavy (non-hydrogen) atoms. The molecule has 3 aromatic rings. The number of ether oxygens (including phenoxy) is 1. The minimum absolute atomic E-state index is 0.0288. The summed E-state index contributed by atoms with van der Waals surface area (Å²) >= 11 is 3.49. The van der Waals surface area contributed by atoms with Crippen LogP contribution in [0.1, 0.15) is 55.4 Å². The summed E-state index contributed by atoms with van der Waals surface area (Å²) in [4.78, 5) is 12.6. The molecule has 0 aliphatic heterocycles. The Kier molecular flexibility index (Phi) is 6.99. The third-order valence-corrected chi connectivity index (χ3v) is 6.41. The predicted molar refractivity (Wildman–Crippen MR) is 137 cm³/mol. The number of carbonyl (C=O) groups is 1. The van der Waals surface area contributed by atoms with Crippen LogP contribution in [0.4, 0.5) is 0 Å². The van der Waals surface area contributed by atoms with Crippen molar-refractivity contribution >= 4 is 28.1 Å². The van der Waals surface area contributed by atoms with Crippen molar-refractivity contribution in [1.29, 1.82) is 0 Å². The van der Waals surface area contributed by atoms with Gasteiger partial charge in [0, 0.05) is 16.0 Å². The second kappa shape index (κ2) is 9.92. The molecule has 0 spiro atoms. The van der Waals surface area contributed by atoms with E-state index in [0.717, 1.165) is 22.0 Å². The highest BCUT2D eigenvalue weighted by Gasteiger charge is 2.44. The van der Waals surface area contributed by atoms with Gasteiger partial charge in [0.2, 0.25) is 5.91 Å². The molecule has 0 radical (unpaired) electrons. The van der Waals surface area contributed by atoms with Crippen LogP contribution in [0.3, 0.4) is 0 Å². The Balaban J connectivity index is 1.34. The highest BCUT2D eigenvalue weighted by atomic mass is 79.9. The van der Waals surface area contributed by atoms with Gasteiger partial charge in [0.05, 0.1) is 6.21 Å². The van der Waals surface area contributed by atoms with Crippen molar-refractivity contribution in [1.82, 2.24) is 5.43 Å². The van der Waals surface area contributed by atoms with Crippen LogP contribution in [-0.2, 0) is 16.8 Å². The van der Waals surface area contributed by atoms with E-state index in [1.165, 1.54) is 11.1 Å². The number of hydrogen-bond acceptors (Lipinski definition) is 3. The van der Waals surface area contributed by atoms with E-state index in [1.807, 2.05) is 48.5 Å². The van der Waals surface area contributed by atoms with Gasteiger partial charge in [-0.3, -0.25) is 4.79 Å². The highest BCUT2D eigenvalue weighted by molar-refractivity contribution is 9.10. The molecule has 3 aromatic carbocycles. The Morgan fingerprint density at radius 2 is 1.82 bits per heavy atom. The van der Waals surface area contributed by atoms with Crippen LogP contribution in [0.5, 0.6) is 5.75 Å². The smallest absolute Gasteiger partial charge is 0.243 e. The summed E-state index contributed by atoms with van der Waals surface area (Å²) in [7, 11) is 0. The molecule has 0 heterocycles. The van der Waals surface area contributed by atoms with Gasteiger partial charge in [-0.05, 0) is 52.6 Å². The van der Waals surface area contributed by atoms with E-state index in [1.54, 1.807) is 6.21 Å². The summed E-state index contributed by atoms with van der Waals surface area (Å²) in [6.07, 6.45) is 2.50. The van der Waals surface area contributed by atoms with Gasteiger partial charge in [-0.25, -0.2) is 5.43 Å². The maximum absolute atomic E-state index is 12.6. The molecule has 170 valence electrons. The van der Waals surface area contributed by atoms with Crippen molar-refractivity contribution in [3.63, 3.8) is 0 Å². The molecule has 1 N–H and O–H groups in total. The van der Waals surface area contributed by atoms with Crippen LogP contribution in [-0.4, -0.2) is 12.1 Å². The SMILES string of the molecule is CC(C)(C)c1ccc([C@H]2C[C@H]2C(=O)N/N=C/c2cc(Br)ccc2OCc2ccccc2)cc1. The van der Waals surface area contributed by atoms with Crippen LogP contribution in [0.15, 0.2) is 82.4 Å². The van der Waals surface area contributed by atoms with E-state index in [0.29, 0.717) is 12.4 Å². The predicted octanol–water partition coefficient (Wildman–Crippen LogP) is 6.58. The third kappa shape index (κ3) is 6.11. The number of hydrazone groups is 1. The van der Waals surface area contributed by atoms with Crippen LogP contribution in [0.2, 0.25) is 0 Å². The molecule has 1 fully saturated rings. The fraction of sp³-hybridized carbons (Fsp3) is 0.286. The molecule has 4 nitrogen and oxygen atoms in total. The van der Waals surface area contributed by atoms with Gasteiger partial charge in [0.1, 0.15) is 12.4 Å². The van der Waals surface area contributed by atoms with Crippen molar-refractivity contribution < 1.29 is 9.53 Å². The van der Waals surface area contributed by atoms with Crippen molar-refractivity contribution in [2.45, 2.75) is 45.1 Å². The lowest BCUT2D eigenvalue weighted by atomic mass is 9.86. The van der Waals surface area contributed by atoms with Gasteiger partial charge in [-0.2, -0.15) is 5.10 Å². The van der Waals surface area contributed by atoms with E-state index in [-0.39, 0.29) is 23.2 Å². The normalized spacial score (nSPS) is 17.7. The Hall–Kier alpha value is -2.92. The van der Waals surface area contributed by atoms with Crippen molar-refractivity contribution in [3.05, 3.63) is 99.5 Å². The molecule has 1 aliphatic rings. The molecule has 2 atom stereocenters. The van der Waals surface area contributed by atoms with Gasteiger partial charge in [-0.1, -0.05) is 91.3 Å². The van der Waals surface area contributed by atoms with E-state index >= 15 is 0 Å². The molecule has 4 rings (SSSR count). The first-order valence-corrected chi connectivity index (χ1v) is 12.0. The zero-order chi connectivity index (χ0) is 23.4. The van der Waals surface area contributed by atoms with Gasteiger partial charge >= 0.3 is 0 Å². The first-order valence-electron chi connectivity index (χ1n) is 11.2. The van der Waals surface area contributed by atoms with Crippen LogP contribution >= 0.6 is 15.9 Å². The molecule has 1 saturated carbocycles. The molecule has 0 saturated heterocycles. The molecule has 0 aromatic heterocycles. The number of carbonyl (C=O) groups excluding carboxylic acids is 1. The zero-order valence-electron chi connectivity index (χ0n) is 19.2. The van der Waals surface area contributed by atoms with E-state index < -0.39 is 0 Å². The molecule has 0 bridgehead atoms. The summed E-state index contributed by atoms with van der Waals surface area (Å²) in [5, 5.41) is 4.21. The Morgan fingerprint density at radius 3 is 2.52 bits per heavy atom. The van der Waals surface area contributed by atoms with Crippen LogP contribution in [0, 0.1) is 5.92 Å². The molecule has 0 unspecified atom stereocenters. The molecule has 1 aliphatic carbocycles. The monoisotopic (exact) mass is 504 g/mol. The number of amides is 1. The summed E-state index contributed by atoms with van der Waals surface area (Å²) < 4.78 is 6.90. The van der Waals surface area contributed by atoms with Gasteiger partial charge < -0.3 is 4.74 Å². The van der Waals surface area contributed by atoms with Gasteiger partial charge in [-0.15, -0.1) is 0 Å². The molecular formula is C28H29BrN2O2. The minimum atomic E-state index is -0.0436. The molecule has 5 heteroatoms. The first-order chi connectivity index (χ1) is 15.8. The Labute approximate surface area is 204 Å². The number of nitrogens with zero attached hydrogens (tertiary/aromatic N) is 1. The fourth-order valence-electron chi connectivity index (χ4n) is 3.82. The zero-order valence-corrected chi connectivity index (χ0v) is 20.8. The summed E-state index contributed by atoms with van der Waals surface area (Å²) in [6, 6.07) is 24.4. The second-order valence-electron chi connectivity index (χ2n) is 9.51. The maximum atomic E-state index is 12.6. The number of rotatable bonds is 7. The lowest BCUT2D eigenvalue weighted by Crippen LogP contribution is -2.20. The topological polar surface area (TPSA) is 50.7 Å². The molecule has 1 amide bonds. The Bertz CT molecular complexity index is 1130. The third-order valence-electron chi connectivity index (χ3n) is 5.92. The highest BCUT2D eigenvalue weighted by Crippen LogP contribution is 2.47. The average molecular weight is 505 g/mol. The van der Waals surface area contributed by atoms with Gasteiger partial charge in [0.15, 0.2) is 0 Å². The van der Waals surface area contributed by atoms with E-state index in [4.69, 9.17) is 4.74 Å². The Morgan fingerprint density at radius 1 is 1.09 bits per heavy atom. The minimum Gasteiger partial charge on any atom is -0.488 e. The lowest BCUT2D eigenvalue weighted by molar-refractivity contribution is -0.122. The average Bonchev–Trinajstić information content (AvgIpc) is 3.60. The lowest BCUT2D eigenvalue weighted by Gasteiger charge is -2.19. The number of benzene rings is 3.